The van der Waals surface area contributed by atoms with E-state index in [0.717, 1.165) is 13.1 Å². The molecule has 4 rings (SSSR count). The van der Waals surface area contributed by atoms with E-state index in [1.807, 2.05) is 40.6 Å². The van der Waals surface area contributed by atoms with Crippen LogP contribution in [-0.2, 0) is 0 Å². The number of para-hydroxylation sites is 1. The molecule has 0 atom stereocenters. The Bertz CT molecular complexity index is 1090. The molecular formula is C25H27N3O2S. The molecular weight excluding hydrogens is 406 g/mol. The highest BCUT2D eigenvalue weighted by molar-refractivity contribution is 7.12. The summed E-state index contributed by atoms with van der Waals surface area (Å²) in [5, 5.41) is 1.88. The van der Waals surface area contributed by atoms with E-state index in [4.69, 9.17) is 0 Å². The van der Waals surface area contributed by atoms with Crippen LogP contribution in [0.2, 0.25) is 0 Å². The zero-order chi connectivity index (χ0) is 22.0. The lowest BCUT2D eigenvalue weighted by molar-refractivity contribution is 0.0747. The van der Waals surface area contributed by atoms with E-state index in [9.17, 15) is 9.59 Å². The summed E-state index contributed by atoms with van der Waals surface area (Å²) in [6, 6.07) is 17.4. The van der Waals surface area contributed by atoms with Gasteiger partial charge in [0, 0.05) is 38.9 Å². The first-order valence-electron chi connectivity index (χ1n) is 10.5. The molecule has 0 unspecified atom stereocenters. The normalized spacial score (nSPS) is 13.9. The number of carbonyl (C=O) groups excluding carboxylic acids is 2. The lowest BCUT2D eigenvalue weighted by Gasteiger charge is -2.37. The molecule has 0 radical (unpaired) electrons. The first-order valence-corrected chi connectivity index (χ1v) is 11.4. The monoisotopic (exact) mass is 433 g/mol. The maximum absolute atomic E-state index is 13.4. The highest BCUT2D eigenvalue weighted by Gasteiger charge is 2.26. The van der Waals surface area contributed by atoms with Gasteiger partial charge in [-0.15, -0.1) is 11.3 Å². The van der Waals surface area contributed by atoms with Gasteiger partial charge in [-0.25, -0.2) is 0 Å². The average Bonchev–Trinajstić information content (AvgIpc) is 3.34. The van der Waals surface area contributed by atoms with E-state index >= 15 is 0 Å². The quantitative estimate of drug-likeness (QED) is 0.604. The molecule has 1 saturated heterocycles. The summed E-state index contributed by atoms with van der Waals surface area (Å²) in [5.74, 6) is -0.128. The van der Waals surface area contributed by atoms with E-state index < -0.39 is 0 Å². The summed E-state index contributed by atoms with van der Waals surface area (Å²) < 4.78 is 0. The molecule has 2 heterocycles. The third-order valence-electron chi connectivity index (χ3n) is 6.02. The van der Waals surface area contributed by atoms with Crippen molar-refractivity contribution < 1.29 is 9.59 Å². The van der Waals surface area contributed by atoms with Crippen LogP contribution in [0.5, 0.6) is 0 Å². The number of rotatable bonds is 4. The van der Waals surface area contributed by atoms with Gasteiger partial charge < -0.3 is 14.7 Å². The minimum absolute atomic E-state index is 0.0259. The number of hydrogen-bond acceptors (Lipinski definition) is 4. The number of carbonyl (C=O) groups is 2. The van der Waals surface area contributed by atoms with Gasteiger partial charge in [0.25, 0.3) is 11.8 Å². The Hall–Kier alpha value is -3.12. The molecule has 6 heteroatoms. The highest BCUT2D eigenvalue weighted by Crippen LogP contribution is 2.27. The zero-order valence-electron chi connectivity index (χ0n) is 18.2. The fraction of sp³-hybridized carbons (Fsp3) is 0.280. The highest BCUT2D eigenvalue weighted by atomic mass is 32.1. The number of hydrogen-bond donors (Lipinski definition) is 0. The van der Waals surface area contributed by atoms with Crippen LogP contribution >= 0.6 is 11.3 Å². The van der Waals surface area contributed by atoms with Gasteiger partial charge in [0.05, 0.1) is 16.1 Å². The van der Waals surface area contributed by atoms with Crippen molar-refractivity contribution in [2.24, 2.45) is 0 Å². The number of benzene rings is 2. The molecule has 2 amide bonds. The summed E-state index contributed by atoms with van der Waals surface area (Å²) in [6.07, 6.45) is 0. The number of nitrogens with zero attached hydrogens (tertiary/aromatic N) is 3. The van der Waals surface area contributed by atoms with Crippen LogP contribution in [0.15, 0.2) is 60.0 Å². The molecule has 0 spiro atoms. The van der Waals surface area contributed by atoms with Gasteiger partial charge in [-0.05, 0) is 54.6 Å². The van der Waals surface area contributed by atoms with Crippen molar-refractivity contribution in [1.82, 2.24) is 4.90 Å². The van der Waals surface area contributed by atoms with Crippen LogP contribution in [-0.4, -0.2) is 49.9 Å². The Labute approximate surface area is 187 Å². The summed E-state index contributed by atoms with van der Waals surface area (Å²) >= 11 is 1.40. The number of amides is 2. The maximum atomic E-state index is 13.4. The summed E-state index contributed by atoms with van der Waals surface area (Å²) in [4.78, 5) is 32.7. The molecule has 5 nitrogen and oxygen atoms in total. The lowest BCUT2D eigenvalue weighted by atomic mass is 10.1. The van der Waals surface area contributed by atoms with Gasteiger partial charge in [0.2, 0.25) is 0 Å². The van der Waals surface area contributed by atoms with E-state index in [1.54, 1.807) is 18.0 Å². The van der Waals surface area contributed by atoms with Crippen LogP contribution in [0.25, 0.3) is 0 Å². The molecule has 1 aromatic heterocycles. The predicted molar refractivity (Wildman–Crippen MR) is 128 cm³/mol. The molecule has 0 aliphatic carbocycles. The summed E-state index contributed by atoms with van der Waals surface area (Å²) in [6.45, 7) is 7.18. The minimum Gasteiger partial charge on any atom is -0.368 e. The SMILES string of the molecule is Cc1cccc(N2CCN(C(=O)c3ccccc3N(C)C(=O)c3cccs3)CC2)c1C. The molecule has 0 bridgehead atoms. The maximum Gasteiger partial charge on any atom is 0.268 e. The second kappa shape index (κ2) is 8.94. The van der Waals surface area contributed by atoms with Gasteiger partial charge in [0.15, 0.2) is 0 Å². The van der Waals surface area contributed by atoms with Crippen molar-refractivity contribution >= 4 is 34.5 Å². The first kappa shape index (κ1) is 21.1. The third-order valence-corrected chi connectivity index (χ3v) is 6.87. The topological polar surface area (TPSA) is 43.9 Å². The number of aryl methyl sites for hydroxylation is 1. The molecule has 3 aromatic rings. The molecule has 0 N–H and O–H groups in total. The largest absolute Gasteiger partial charge is 0.368 e. The Morgan fingerprint density at radius 1 is 0.903 bits per heavy atom. The fourth-order valence-corrected chi connectivity index (χ4v) is 4.72. The molecule has 1 aliphatic heterocycles. The lowest BCUT2D eigenvalue weighted by Crippen LogP contribution is -2.49. The predicted octanol–water partition coefficient (Wildman–Crippen LogP) is 4.60. The summed E-state index contributed by atoms with van der Waals surface area (Å²) in [5.41, 5.74) is 5.02. The van der Waals surface area contributed by atoms with Crippen molar-refractivity contribution in [3.8, 4) is 0 Å². The van der Waals surface area contributed by atoms with Crippen molar-refractivity contribution in [3.05, 3.63) is 81.5 Å². The molecule has 1 aliphatic rings. The molecule has 0 saturated carbocycles. The number of piperazine rings is 1. The second-order valence-electron chi connectivity index (χ2n) is 7.86. The molecule has 1 fully saturated rings. The average molecular weight is 434 g/mol. The van der Waals surface area contributed by atoms with Crippen LogP contribution in [0, 0.1) is 13.8 Å². The summed E-state index contributed by atoms with van der Waals surface area (Å²) in [7, 11) is 1.73. The van der Waals surface area contributed by atoms with Crippen molar-refractivity contribution in [2.75, 3.05) is 43.0 Å². The zero-order valence-corrected chi connectivity index (χ0v) is 19.0. The van der Waals surface area contributed by atoms with Gasteiger partial charge in [-0.2, -0.15) is 0 Å². The number of thiophene rings is 1. The van der Waals surface area contributed by atoms with E-state index in [1.165, 1.54) is 28.2 Å². The minimum atomic E-state index is -0.102. The fourth-order valence-electron chi connectivity index (χ4n) is 4.02. The van der Waals surface area contributed by atoms with Crippen molar-refractivity contribution in [3.63, 3.8) is 0 Å². The van der Waals surface area contributed by atoms with Crippen molar-refractivity contribution in [1.29, 1.82) is 0 Å². The Morgan fingerprint density at radius 3 is 2.35 bits per heavy atom. The van der Waals surface area contributed by atoms with E-state index in [2.05, 4.69) is 36.9 Å². The van der Waals surface area contributed by atoms with Crippen LogP contribution in [0.4, 0.5) is 11.4 Å². The molecule has 160 valence electrons. The Balaban J connectivity index is 1.50. The first-order chi connectivity index (χ1) is 15.0. The van der Waals surface area contributed by atoms with Gasteiger partial charge >= 0.3 is 0 Å². The van der Waals surface area contributed by atoms with Gasteiger partial charge in [0.1, 0.15) is 0 Å². The number of anilines is 2. The van der Waals surface area contributed by atoms with Crippen LogP contribution in [0.1, 0.15) is 31.2 Å². The Morgan fingerprint density at radius 2 is 1.65 bits per heavy atom. The second-order valence-corrected chi connectivity index (χ2v) is 8.80. The molecule has 31 heavy (non-hydrogen) atoms. The molecule has 2 aromatic carbocycles. The van der Waals surface area contributed by atoms with Gasteiger partial charge in [-0.3, -0.25) is 9.59 Å². The van der Waals surface area contributed by atoms with Crippen LogP contribution < -0.4 is 9.80 Å². The van der Waals surface area contributed by atoms with Gasteiger partial charge in [-0.1, -0.05) is 30.3 Å². The van der Waals surface area contributed by atoms with Crippen molar-refractivity contribution in [2.45, 2.75) is 13.8 Å². The third kappa shape index (κ3) is 4.21. The Kier molecular flexibility index (Phi) is 6.09. The van der Waals surface area contributed by atoms with E-state index in [0.29, 0.717) is 29.2 Å². The van der Waals surface area contributed by atoms with Crippen LogP contribution in [0.3, 0.4) is 0 Å². The smallest absolute Gasteiger partial charge is 0.268 e. The van der Waals surface area contributed by atoms with E-state index in [-0.39, 0.29) is 11.8 Å². The standard InChI is InChI=1S/C25H27N3O2S/c1-18-8-6-11-21(19(18)2)27-13-15-28(16-14-27)24(29)20-9-4-5-10-22(20)26(3)25(30)23-12-7-17-31-23/h4-12,17H,13-16H2,1-3H3.